The lowest BCUT2D eigenvalue weighted by Gasteiger charge is -2.09. The summed E-state index contributed by atoms with van der Waals surface area (Å²) < 4.78 is 5.29. The Kier molecular flexibility index (Phi) is 5.28. The average Bonchev–Trinajstić information content (AvgIpc) is 2.56. The molecule has 25 heavy (non-hydrogen) atoms. The highest BCUT2D eigenvalue weighted by Gasteiger charge is 2.24. The highest BCUT2D eigenvalue weighted by molar-refractivity contribution is 6.06. The van der Waals surface area contributed by atoms with Crippen molar-refractivity contribution in [2.75, 3.05) is 11.9 Å². The van der Waals surface area contributed by atoms with E-state index < -0.39 is 27.1 Å². The molecule has 0 atom stereocenters. The number of ether oxygens (including phenoxy) is 1. The summed E-state index contributed by atoms with van der Waals surface area (Å²) in [7, 11) is 0. The number of nitro benzene ring substituents is 2. The number of amides is 1. The van der Waals surface area contributed by atoms with E-state index >= 15 is 0 Å². The minimum absolute atomic E-state index is 0.0547. The van der Waals surface area contributed by atoms with Gasteiger partial charge in [0.1, 0.15) is 5.75 Å². The molecule has 0 aliphatic heterocycles. The van der Waals surface area contributed by atoms with E-state index in [1.165, 1.54) is 6.92 Å². The van der Waals surface area contributed by atoms with Gasteiger partial charge in [-0.15, -0.1) is 0 Å². The lowest BCUT2D eigenvalue weighted by molar-refractivity contribution is -0.394. The average molecular weight is 345 g/mol. The topological polar surface area (TPSA) is 125 Å². The molecule has 0 aliphatic rings. The number of hydrogen-bond acceptors (Lipinski definition) is 6. The fourth-order valence-corrected chi connectivity index (χ4v) is 2.21. The standard InChI is InChI=1S/C16H15N3O6/c1-3-25-13-6-4-11(5-7-13)17-16(20)14-8-12(18(21)22)9-15(10(14)2)19(23)24/h4-9H,3H2,1-2H3,(H,17,20). The van der Waals surface area contributed by atoms with Crippen molar-refractivity contribution in [2.24, 2.45) is 0 Å². The molecule has 2 aromatic rings. The van der Waals surface area contributed by atoms with E-state index in [1.54, 1.807) is 24.3 Å². The van der Waals surface area contributed by atoms with Gasteiger partial charge in [0.15, 0.2) is 0 Å². The van der Waals surface area contributed by atoms with Crippen LogP contribution < -0.4 is 10.1 Å². The van der Waals surface area contributed by atoms with Crippen molar-refractivity contribution in [1.29, 1.82) is 0 Å². The number of hydrogen-bond donors (Lipinski definition) is 1. The van der Waals surface area contributed by atoms with Gasteiger partial charge in [-0.1, -0.05) is 0 Å². The van der Waals surface area contributed by atoms with E-state index in [9.17, 15) is 25.0 Å². The summed E-state index contributed by atoms with van der Waals surface area (Å²) in [5.74, 6) is -0.0453. The SMILES string of the molecule is CCOc1ccc(NC(=O)c2cc([N+](=O)[O-])cc([N+](=O)[O-])c2C)cc1. The molecule has 0 fully saturated rings. The van der Waals surface area contributed by atoms with Crippen LogP contribution in [0.5, 0.6) is 5.75 Å². The minimum atomic E-state index is -0.778. The third-order valence-corrected chi connectivity index (χ3v) is 3.44. The second-order valence-corrected chi connectivity index (χ2v) is 5.06. The Morgan fingerprint density at radius 1 is 1.12 bits per heavy atom. The Morgan fingerprint density at radius 3 is 2.28 bits per heavy atom. The first-order valence-electron chi connectivity index (χ1n) is 7.31. The van der Waals surface area contributed by atoms with Crippen molar-refractivity contribution in [3.05, 3.63) is 67.8 Å². The van der Waals surface area contributed by atoms with Crippen LogP contribution in [0.2, 0.25) is 0 Å². The van der Waals surface area contributed by atoms with Crippen molar-refractivity contribution < 1.29 is 19.4 Å². The molecule has 0 heterocycles. The number of benzene rings is 2. The Labute approximate surface area is 142 Å². The Balaban J connectivity index is 2.34. The quantitative estimate of drug-likeness (QED) is 0.631. The fraction of sp³-hybridized carbons (Fsp3) is 0.188. The van der Waals surface area contributed by atoms with Gasteiger partial charge in [-0.25, -0.2) is 0 Å². The Morgan fingerprint density at radius 2 is 1.76 bits per heavy atom. The molecule has 0 radical (unpaired) electrons. The van der Waals surface area contributed by atoms with E-state index in [0.29, 0.717) is 18.0 Å². The zero-order valence-corrected chi connectivity index (χ0v) is 13.5. The first-order chi connectivity index (χ1) is 11.8. The van der Waals surface area contributed by atoms with E-state index in [4.69, 9.17) is 4.74 Å². The number of nitrogens with one attached hydrogen (secondary N) is 1. The molecule has 0 saturated heterocycles. The molecule has 0 bridgehead atoms. The molecule has 1 amide bonds. The highest BCUT2D eigenvalue weighted by atomic mass is 16.6. The number of nitrogens with zero attached hydrogens (tertiary/aromatic N) is 2. The molecule has 130 valence electrons. The lowest BCUT2D eigenvalue weighted by Crippen LogP contribution is -2.14. The summed E-state index contributed by atoms with van der Waals surface area (Å²) in [4.78, 5) is 32.9. The highest BCUT2D eigenvalue weighted by Crippen LogP contribution is 2.28. The van der Waals surface area contributed by atoms with Gasteiger partial charge in [-0.2, -0.15) is 0 Å². The van der Waals surface area contributed by atoms with Gasteiger partial charge in [0.25, 0.3) is 17.3 Å². The third kappa shape index (κ3) is 4.08. The van der Waals surface area contributed by atoms with Crippen LogP contribution in [-0.4, -0.2) is 22.4 Å². The number of rotatable bonds is 6. The van der Waals surface area contributed by atoms with Crippen LogP contribution in [0.4, 0.5) is 17.1 Å². The number of carbonyl (C=O) groups is 1. The molecular formula is C16H15N3O6. The van der Waals surface area contributed by atoms with Crippen LogP contribution in [0.3, 0.4) is 0 Å². The van der Waals surface area contributed by atoms with Gasteiger partial charge in [-0.3, -0.25) is 25.0 Å². The Bertz CT molecular complexity index is 833. The second-order valence-electron chi connectivity index (χ2n) is 5.06. The fourth-order valence-electron chi connectivity index (χ4n) is 2.21. The van der Waals surface area contributed by atoms with Crippen LogP contribution in [0.1, 0.15) is 22.8 Å². The first kappa shape index (κ1) is 17.9. The van der Waals surface area contributed by atoms with E-state index in [2.05, 4.69) is 5.32 Å². The van der Waals surface area contributed by atoms with Crippen molar-refractivity contribution in [3.8, 4) is 5.75 Å². The maximum absolute atomic E-state index is 12.4. The van der Waals surface area contributed by atoms with Gasteiger partial charge in [0.05, 0.1) is 28.1 Å². The molecule has 0 unspecified atom stereocenters. The van der Waals surface area contributed by atoms with Crippen molar-refractivity contribution in [3.63, 3.8) is 0 Å². The van der Waals surface area contributed by atoms with E-state index in [-0.39, 0.29) is 11.1 Å². The third-order valence-electron chi connectivity index (χ3n) is 3.44. The van der Waals surface area contributed by atoms with Crippen molar-refractivity contribution in [2.45, 2.75) is 13.8 Å². The maximum atomic E-state index is 12.4. The summed E-state index contributed by atoms with van der Waals surface area (Å²) in [6.45, 7) is 3.71. The largest absolute Gasteiger partial charge is 0.494 e. The maximum Gasteiger partial charge on any atom is 0.279 e. The van der Waals surface area contributed by atoms with Gasteiger partial charge < -0.3 is 10.1 Å². The summed E-state index contributed by atoms with van der Waals surface area (Å²) >= 11 is 0. The summed E-state index contributed by atoms with van der Waals surface area (Å²) in [5, 5.41) is 24.6. The molecule has 0 saturated carbocycles. The number of carbonyl (C=O) groups excluding carboxylic acids is 1. The van der Waals surface area contributed by atoms with Crippen LogP contribution >= 0.6 is 0 Å². The molecule has 0 aromatic heterocycles. The van der Waals surface area contributed by atoms with E-state index in [1.807, 2.05) is 6.92 Å². The summed E-state index contributed by atoms with van der Waals surface area (Å²) in [6.07, 6.45) is 0. The minimum Gasteiger partial charge on any atom is -0.494 e. The van der Waals surface area contributed by atoms with Crippen molar-refractivity contribution >= 4 is 23.0 Å². The lowest BCUT2D eigenvalue weighted by atomic mass is 10.0. The number of anilines is 1. The normalized spacial score (nSPS) is 10.2. The molecule has 1 N–H and O–H groups in total. The predicted octanol–water partition coefficient (Wildman–Crippen LogP) is 3.46. The molecule has 9 heteroatoms. The molecule has 0 spiro atoms. The van der Waals surface area contributed by atoms with Crippen LogP contribution in [0.15, 0.2) is 36.4 Å². The van der Waals surface area contributed by atoms with Crippen LogP contribution in [0, 0.1) is 27.2 Å². The predicted molar refractivity (Wildman–Crippen MR) is 90.1 cm³/mol. The van der Waals surface area contributed by atoms with Crippen LogP contribution in [0.25, 0.3) is 0 Å². The number of non-ortho nitro benzene ring substituents is 1. The zero-order chi connectivity index (χ0) is 18.6. The molecule has 0 aliphatic carbocycles. The Hall–Kier alpha value is -3.49. The van der Waals surface area contributed by atoms with Crippen LogP contribution in [-0.2, 0) is 0 Å². The molecule has 2 rings (SSSR count). The molecule has 9 nitrogen and oxygen atoms in total. The van der Waals surface area contributed by atoms with Gasteiger partial charge >= 0.3 is 0 Å². The first-order valence-corrected chi connectivity index (χ1v) is 7.31. The van der Waals surface area contributed by atoms with E-state index in [0.717, 1.165) is 12.1 Å². The number of nitro groups is 2. The zero-order valence-electron chi connectivity index (χ0n) is 13.5. The molecular weight excluding hydrogens is 330 g/mol. The van der Waals surface area contributed by atoms with Gasteiger partial charge in [0, 0.05) is 17.3 Å². The second kappa shape index (κ2) is 7.39. The van der Waals surface area contributed by atoms with Crippen molar-refractivity contribution in [1.82, 2.24) is 0 Å². The summed E-state index contributed by atoms with van der Waals surface area (Å²) in [6, 6.07) is 8.37. The summed E-state index contributed by atoms with van der Waals surface area (Å²) in [5.41, 5.74) is -0.643. The van der Waals surface area contributed by atoms with Gasteiger partial charge in [-0.05, 0) is 38.1 Å². The monoisotopic (exact) mass is 345 g/mol. The smallest absolute Gasteiger partial charge is 0.279 e. The molecule has 2 aromatic carbocycles. The van der Waals surface area contributed by atoms with Gasteiger partial charge in [0.2, 0.25) is 0 Å².